The second-order valence-corrected chi connectivity index (χ2v) is 4.15. The SMILES string of the molecule is Fc1cc2[nH]cc(CCCCCl)c2cc1F. The molecule has 0 fully saturated rings. The van der Waals surface area contributed by atoms with Gasteiger partial charge >= 0.3 is 0 Å². The molecule has 0 radical (unpaired) electrons. The van der Waals surface area contributed by atoms with Crippen LogP contribution >= 0.6 is 11.6 Å². The maximum absolute atomic E-state index is 13.1. The molecule has 0 amide bonds. The molecule has 1 heterocycles. The Morgan fingerprint density at radius 1 is 1.12 bits per heavy atom. The van der Waals surface area contributed by atoms with Crippen molar-refractivity contribution in [2.24, 2.45) is 0 Å². The van der Waals surface area contributed by atoms with E-state index in [4.69, 9.17) is 11.6 Å². The normalized spacial score (nSPS) is 11.2. The Balaban J connectivity index is 2.29. The molecule has 1 aromatic carbocycles. The number of H-pyrrole nitrogens is 1. The van der Waals surface area contributed by atoms with Gasteiger partial charge in [-0.1, -0.05) is 0 Å². The summed E-state index contributed by atoms with van der Waals surface area (Å²) in [5.74, 6) is -0.988. The van der Waals surface area contributed by atoms with Crippen molar-refractivity contribution >= 4 is 22.5 Å². The molecule has 1 nitrogen and oxygen atoms in total. The summed E-state index contributed by atoms with van der Waals surface area (Å²) in [7, 11) is 0. The number of aromatic amines is 1. The van der Waals surface area contributed by atoms with Crippen LogP contribution in [0.3, 0.4) is 0 Å². The van der Waals surface area contributed by atoms with E-state index in [2.05, 4.69) is 4.98 Å². The third kappa shape index (κ3) is 2.19. The topological polar surface area (TPSA) is 15.8 Å². The van der Waals surface area contributed by atoms with Crippen molar-refractivity contribution in [2.45, 2.75) is 19.3 Å². The Morgan fingerprint density at radius 3 is 2.62 bits per heavy atom. The molecule has 0 atom stereocenters. The van der Waals surface area contributed by atoms with E-state index < -0.39 is 11.6 Å². The molecule has 0 aliphatic rings. The van der Waals surface area contributed by atoms with Gasteiger partial charge in [-0.25, -0.2) is 8.78 Å². The van der Waals surface area contributed by atoms with Gasteiger partial charge in [0.05, 0.1) is 0 Å². The summed E-state index contributed by atoms with van der Waals surface area (Å²) in [6.07, 6.45) is 4.52. The van der Waals surface area contributed by atoms with E-state index in [9.17, 15) is 8.78 Å². The van der Waals surface area contributed by atoms with Crippen LogP contribution in [0.25, 0.3) is 10.9 Å². The molecule has 2 aromatic rings. The number of unbranched alkanes of at least 4 members (excludes halogenated alkanes) is 1. The lowest BCUT2D eigenvalue weighted by Crippen LogP contribution is -1.87. The first-order valence-corrected chi connectivity index (χ1v) is 5.77. The molecule has 1 N–H and O–H groups in total. The van der Waals surface area contributed by atoms with Crippen molar-refractivity contribution < 1.29 is 8.78 Å². The molecule has 0 aliphatic carbocycles. The second-order valence-electron chi connectivity index (χ2n) is 3.77. The summed E-state index contributed by atoms with van der Waals surface area (Å²) in [4.78, 5) is 2.94. The molecule has 0 unspecified atom stereocenters. The maximum atomic E-state index is 13.1. The number of aryl methyl sites for hydroxylation is 1. The lowest BCUT2D eigenvalue weighted by atomic mass is 10.1. The van der Waals surface area contributed by atoms with Gasteiger partial charge in [-0.05, 0) is 30.9 Å². The third-order valence-corrected chi connectivity index (χ3v) is 2.91. The Labute approximate surface area is 97.4 Å². The molecule has 16 heavy (non-hydrogen) atoms. The fourth-order valence-electron chi connectivity index (χ4n) is 1.79. The van der Waals surface area contributed by atoms with Crippen molar-refractivity contribution in [3.8, 4) is 0 Å². The number of rotatable bonds is 4. The minimum Gasteiger partial charge on any atom is -0.361 e. The van der Waals surface area contributed by atoms with E-state index >= 15 is 0 Å². The number of alkyl halides is 1. The Morgan fingerprint density at radius 2 is 1.88 bits per heavy atom. The highest BCUT2D eigenvalue weighted by atomic mass is 35.5. The second kappa shape index (κ2) is 4.83. The fourth-order valence-corrected chi connectivity index (χ4v) is 1.98. The largest absolute Gasteiger partial charge is 0.361 e. The molecule has 0 saturated carbocycles. The van der Waals surface area contributed by atoms with Crippen LogP contribution < -0.4 is 0 Å². The first kappa shape index (κ1) is 11.4. The highest BCUT2D eigenvalue weighted by Gasteiger charge is 2.08. The predicted molar refractivity (Wildman–Crippen MR) is 61.9 cm³/mol. The molecule has 2 rings (SSSR count). The number of hydrogen-bond donors (Lipinski definition) is 1. The van der Waals surface area contributed by atoms with E-state index in [0.29, 0.717) is 11.4 Å². The molecule has 0 aliphatic heterocycles. The molecular formula is C12H12ClF2N. The van der Waals surface area contributed by atoms with Gasteiger partial charge in [-0.2, -0.15) is 0 Å². The quantitative estimate of drug-likeness (QED) is 0.617. The number of hydrogen-bond acceptors (Lipinski definition) is 0. The monoisotopic (exact) mass is 243 g/mol. The summed E-state index contributed by atoms with van der Waals surface area (Å²) >= 11 is 5.59. The van der Waals surface area contributed by atoms with Gasteiger partial charge in [0, 0.05) is 29.0 Å². The minimum atomic E-state index is -0.818. The van der Waals surface area contributed by atoms with E-state index in [1.165, 1.54) is 12.1 Å². The lowest BCUT2D eigenvalue weighted by Gasteiger charge is -1.99. The maximum Gasteiger partial charge on any atom is 0.160 e. The summed E-state index contributed by atoms with van der Waals surface area (Å²) in [6, 6.07) is 2.44. The van der Waals surface area contributed by atoms with E-state index in [-0.39, 0.29) is 0 Å². The number of nitrogens with one attached hydrogen (secondary N) is 1. The summed E-state index contributed by atoms with van der Waals surface area (Å²) in [5.41, 5.74) is 1.65. The van der Waals surface area contributed by atoms with Crippen molar-refractivity contribution in [2.75, 3.05) is 5.88 Å². The minimum absolute atomic E-state index is 0.630. The molecule has 86 valence electrons. The zero-order valence-corrected chi connectivity index (χ0v) is 9.45. The summed E-state index contributed by atoms with van der Waals surface area (Å²) in [5, 5.41) is 0.758. The van der Waals surface area contributed by atoms with Crippen molar-refractivity contribution in [1.29, 1.82) is 0 Å². The highest BCUT2D eigenvalue weighted by Crippen LogP contribution is 2.22. The molecule has 0 saturated heterocycles. The van der Waals surface area contributed by atoms with Crippen LogP contribution in [0.2, 0.25) is 0 Å². The van der Waals surface area contributed by atoms with Crippen LogP contribution in [0.5, 0.6) is 0 Å². The molecule has 1 aromatic heterocycles. The lowest BCUT2D eigenvalue weighted by molar-refractivity contribution is 0.511. The van der Waals surface area contributed by atoms with Crippen molar-refractivity contribution in [3.63, 3.8) is 0 Å². The van der Waals surface area contributed by atoms with Gasteiger partial charge in [0.15, 0.2) is 11.6 Å². The number of fused-ring (bicyclic) bond motifs is 1. The van der Waals surface area contributed by atoms with Crippen LogP contribution in [-0.2, 0) is 6.42 Å². The van der Waals surface area contributed by atoms with Crippen LogP contribution in [-0.4, -0.2) is 10.9 Å². The first-order chi connectivity index (χ1) is 7.72. The van der Waals surface area contributed by atoms with Crippen LogP contribution in [0.4, 0.5) is 8.78 Å². The number of halogens is 3. The molecule has 4 heteroatoms. The first-order valence-electron chi connectivity index (χ1n) is 5.23. The smallest absolute Gasteiger partial charge is 0.160 e. The van der Waals surface area contributed by atoms with Gasteiger partial charge in [-0.3, -0.25) is 0 Å². The average molecular weight is 244 g/mol. The highest BCUT2D eigenvalue weighted by molar-refractivity contribution is 6.17. The standard InChI is InChI=1S/C12H12ClF2N/c13-4-2-1-3-8-7-16-12-6-11(15)10(14)5-9(8)12/h5-7,16H,1-4H2. The van der Waals surface area contributed by atoms with Gasteiger partial charge in [0.2, 0.25) is 0 Å². The number of aromatic nitrogens is 1. The van der Waals surface area contributed by atoms with Crippen LogP contribution in [0, 0.1) is 11.6 Å². The van der Waals surface area contributed by atoms with Crippen LogP contribution in [0.15, 0.2) is 18.3 Å². The molecule has 0 spiro atoms. The van der Waals surface area contributed by atoms with Gasteiger partial charge in [0.1, 0.15) is 0 Å². The van der Waals surface area contributed by atoms with Crippen LogP contribution in [0.1, 0.15) is 18.4 Å². The summed E-state index contributed by atoms with van der Waals surface area (Å²) < 4.78 is 26.0. The predicted octanol–water partition coefficient (Wildman–Crippen LogP) is 4.01. The Kier molecular flexibility index (Phi) is 3.44. The zero-order valence-electron chi connectivity index (χ0n) is 8.69. The zero-order chi connectivity index (χ0) is 11.5. The van der Waals surface area contributed by atoms with Gasteiger partial charge in [0.25, 0.3) is 0 Å². The number of benzene rings is 1. The van der Waals surface area contributed by atoms with Gasteiger partial charge < -0.3 is 4.98 Å². The average Bonchev–Trinajstić information content (AvgIpc) is 2.63. The third-order valence-electron chi connectivity index (χ3n) is 2.64. The molecule has 0 bridgehead atoms. The summed E-state index contributed by atoms with van der Waals surface area (Å²) in [6.45, 7) is 0. The van der Waals surface area contributed by atoms with E-state index in [0.717, 1.165) is 30.2 Å². The fraction of sp³-hybridized carbons (Fsp3) is 0.333. The van der Waals surface area contributed by atoms with Crippen molar-refractivity contribution in [1.82, 2.24) is 4.98 Å². The Bertz CT molecular complexity index is 493. The van der Waals surface area contributed by atoms with E-state index in [1.807, 2.05) is 0 Å². The van der Waals surface area contributed by atoms with Crippen molar-refractivity contribution in [3.05, 3.63) is 35.5 Å². The molecular weight excluding hydrogens is 232 g/mol. The van der Waals surface area contributed by atoms with Gasteiger partial charge in [-0.15, -0.1) is 11.6 Å². The Hall–Kier alpha value is -1.09. The van der Waals surface area contributed by atoms with E-state index in [1.54, 1.807) is 6.20 Å².